The quantitative estimate of drug-likeness (QED) is 0.0814. The molecule has 0 saturated heterocycles. The predicted molar refractivity (Wildman–Crippen MR) is 298 cm³/mol. The molecule has 0 saturated carbocycles. The monoisotopic (exact) mass is 1330 g/mol. The van der Waals surface area contributed by atoms with Crippen LogP contribution in [-0.4, -0.2) is 35.8 Å². The Labute approximate surface area is 464 Å². The van der Waals surface area contributed by atoms with Gasteiger partial charge in [-0.25, -0.2) is 0 Å². The number of hydrogen-bond acceptors (Lipinski definition) is 7. The Balaban J connectivity index is 0.000000147. The van der Waals surface area contributed by atoms with E-state index in [0.717, 1.165) is 55.2 Å². The van der Waals surface area contributed by atoms with Gasteiger partial charge in [0.1, 0.15) is 0 Å². The topological polar surface area (TPSA) is 102 Å². The average molecular weight is 1330 g/mol. The van der Waals surface area contributed by atoms with Gasteiger partial charge in [-0.05, 0) is 88.3 Å². The summed E-state index contributed by atoms with van der Waals surface area (Å²) in [7, 11) is 0. The molecule has 0 aliphatic heterocycles. The number of aliphatic hydroxyl groups is 1. The van der Waals surface area contributed by atoms with Gasteiger partial charge < -0.3 is 30.0 Å². The van der Waals surface area contributed by atoms with Crippen LogP contribution in [0.25, 0.3) is 87.5 Å². The number of carbonyl (C=O) groups is 1. The number of allylic oxidation sites excluding steroid dienone is 2. The molecule has 0 spiro atoms. The molecule has 0 atom stereocenters. The van der Waals surface area contributed by atoms with Crippen LogP contribution in [0.1, 0.15) is 13.8 Å². The molecule has 0 bridgehead atoms. The number of fused-ring (bicyclic) bond motifs is 9. The SMILES string of the molecule is CC(=O)C=C(C)O.[Ir+3].[Ir].[c-]1cccc2ccc3cccnc3c12.[c-]1cccc2ccc3cccnc3c12.[c-]1cccc2ccc3cccnc3c12.[c-]1ccccc1-c1ccccn1.[c-]1ccccc1-c1ccccn1. The number of hydrogen-bond donors (Lipinski definition) is 1. The zero-order valence-electron chi connectivity index (χ0n) is 40.9. The molecule has 0 fully saturated rings. The molecule has 1 N–H and O–H groups in total. The van der Waals surface area contributed by atoms with E-state index < -0.39 is 0 Å². The van der Waals surface area contributed by atoms with Gasteiger partial charge in [-0.1, -0.05) is 78.9 Å². The van der Waals surface area contributed by atoms with E-state index in [0.29, 0.717) is 0 Å². The molecular formula is C66H48Ir2N5O2-2. The maximum atomic E-state index is 10.0. The third-order valence-electron chi connectivity index (χ3n) is 10.9. The maximum Gasteiger partial charge on any atom is 3.00 e. The van der Waals surface area contributed by atoms with Crippen molar-refractivity contribution in [2.45, 2.75) is 13.8 Å². The summed E-state index contributed by atoms with van der Waals surface area (Å²) in [5.41, 5.74) is 7.12. The summed E-state index contributed by atoms with van der Waals surface area (Å²) in [6, 6.07) is 86.0. The smallest absolute Gasteiger partial charge is 0.512 e. The molecule has 0 aliphatic rings. The van der Waals surface area contributed by atoms with Crippen molar-refractivity contribution in [2.75, 3.05) is 0 Å². The number of ketones is 1. The normalized spacial score (nSPS) is 10.2. The molecule has 9 heteroatoms. The second-order valence-corrected chi connectivity index (χ2v) is 16.2. The molecule has 0 aliphatic carbocycles. The van der Waals surface area contributed by atoms with E-state index in [-0.39, 0.29) is 51.8 Å². The summed E-state index contributed by atoms with van der Waals surface area (Å²) < 4.78 is 0. The zero-order valence-corrected chi connectivity index (χ0v) is 45.7. The number of pyridine rings is 5. The maximum absolute atomic E-state index is 10.0. The van der Waals surface area contributed by atoms with Crippen molar-refractivity contribution in [2.24, 2.45) is 0 Å². The van der Waals surface area contributed by atoms with Gasteiger partial charge in [-0.3, -0.25) is 4.79 Å². The van der Waals surface area contributed by atoms with Gasteiger partial charge in [0, 0.05) is 57.2 Å². The molecule has 0 unspecified atom stereocenters. The minimum atomic E-state index is -0.125. The number of carbonyl (C=O) groups excluding carboxylic acids is 1. The van der Waals surface area contributed by atoms with Gasteiger partial charge in [0.2, 0.25) is 0 Å². The Morgan fingerprint density at radius 3 is 0.987 bits per heavy atom. The Bertz CT molecular complexity index is 3280. The van der Waals surface area contributed by atoms with E-state index in [1.54, 1.807) is 12.4 Å². The molecule has 1 radical (unpaired) electrons. The third-order valence-corrected chi connectivity index (χ3v) is 10.9. The van der Waals surface area contributed by atoms with Crippen molar-refractivity contribution < 1.29 is 50.1 Å². The molecule has 13 aromatic rings. The van der Waals surface area contributed by atoms with Crippen LogP contribution in [0.15, 0.2) is 255 Å². The van der Waals surface area contributed by atoms with Crippen LogP contribution in [0, 0.1) is 30.3 Å². The first kappa shape index (κ1) is 55.9. The van der Waals surface area contributed by atoms with E-state index >= 15 is 0 Å². The van der Waals surface area contributed by atoms with Crippen LogP contribution in [0.4, 0.5) is 0 Å². The van der Waals surface area contributed by atoms with Gasteiger partial charge in [0.15, 0.2) is 5.78 Å². The van der Waals surface area contributed by atoms with Crippen molar-refractivity contribution in [3.63, 3.8) is 0 Å². The number of nitrogens with zero attached hydrogens (tertiary/aromatic N) is 5. The first-order chi connectivity index (χ1) is 35.9. The largest absolute Gasteiger partial charge is 3.00 e. The molecule has 5 heterocycles. The fourth-order valence-electron chi connectivity index (χ4n) is 7.65. The minimum Gasteiger partial charge on any atom is -0.512 e. The summed E-state index contributed by atoms with van der Waals surface area (Å²) in [5.74, 6) is -0.0625. The van der Waals surface area contributed by atoms with Crippen molar-refractivity contribution in [3.05, 3.63) is 285 Å². The van der Waals surface area contributed by atoms with Crippen molar-refractivity contribution in [1.29, 1.82) is 0 Å². The molecule has 13 rings (SSSR count). The molecule has 7 nitrogen and oxygen atoms in total. The van der Waals surface area contributed by atoms with E-state index in [1.807, 2.05) is 158 Å². The molecule has 8 aromatic carbocycles. The van der Waals surface area contributed by atoms with Crippen LogP contribution in [-0.2, 0) is 45.0 Å². The second-order valence-electron chi connectivity index (χ2n) is 16.2. The average Bonchev–Trinajstić information content (AvgIpc) is 3.46. The van der Waals surface area contributed by atoms with E-state index in [1.165, 1.54) is 52.2 Å². The van der Waals surface area contributed by atoms with Gasteiger partial charge in [-0.2, -0.15) is 0 Å². The Kier molecular flexibility index (Phi) is 21.8. The van der Waals surface area contributed by atoms with Crippen LogP contribution in [0.5, 0.6) is 0 Å². The van der Waals surface area contributed by atoms with E-state index in [2.05, 4.69) is 128 Å². The van der Waals surface area contributed by atoms with Crippen molar-refractivity contribution >= 4 is 70.8 Å². The van der Waals surface area contributed by atoms with Crippen LogP contribution < -0.4 is 0 Å². The van der Waals surface area contributed by atoms with Crippen LogP contribution in [0.3, 0.4) is 0 Å². The molecular weight excluding hydrogens is 1280 g/mol. The first-order valence-electron chi connectivity index (χ1n) is 23.5. The molecule has 5 aromatic heterocycles. The fourth-order valence-corrected chi connectivity index (χ4v) is 7.65. The molecule has 0 amide bonds. The summed E-state index contributed by atoms with van der Waals surface area (Å²) in [6.45, 7) is 2.85. The summed E-state index contributed by atoms with van der Waals surface area (Å²) in [4.78, 5) is 31.6. The summed E-state index contributed by atoms with van der Waals surface area (Å²) >= 11 is 0. The predicted octanol–water partition coefficient (Wildman–Crippen LogP) is 15.7. The summed E-state index contributed by atoms with van der Waals surface area (Å²) in [6.07, 6.45) is 10.2. The number of benzene rings is 8. The van der Waals surface area contributed by atoms with Crippen molar-refractivity contribution in [1.82, 2.24) is 24.9 Å². The Morgan fingerprint density at radius 2 is 0.693 bits per heavy atom. The summed E-state index contributed by atoms with van der Waals surface area (Å²) in [5, 5.41) is 18.8. The van der Waals surface area contributed by atoms with Crippen LogP contribution in [0.2, 0.25) is 0 Å². The fraction of sp³-hybridized carbons (Fsp3) is 0.0303. The zero-order chi connectivity index (χ0) is 50.5. The Hall–Kier alpha value is -8.42. The second kappa shape index (κ2) is 29.3. The number of aromatic nitrogens is 5. The molecule has 75 heavy (non-hydrogen) atoms. The van der Waals surface area contributed by atoms with Crippen molar-refractivity contribution in [3.8, 4) is 22.5 Å². The number of rotatable bonds is 3. The van der Waals surface area contributed by atoms with Gasteiger partial charge in [0.25, 0.3) is 0 Å². The first-order valence-corrected chi connectivity index (χ1v) is 23.5. The third kappa shape index (κ3) is 16.0. The van der Waals surface area contributed by atoms with E-state index in [9.17, 15) is 4.79 Å². The van der Waals surface area contributed by atoms with Gasteiger partial charge in [-0.15, -0.1) is 177 Å². The number of aliphatic hydroxyl groups excluding tert-OH is 1. The minimum absolute atomic E-state index is 0. The standard InChI is InChI=1S/3C13H8N.2C11H8N.C5H8O2.2Ir/c3*1-2-6-12-10(4-1)7-8-11-5-3-9-14-13(11)12;2*1-2-6-10(7-3-1)11-8-4-5-9-12-11;1-4(6)3-5(2)7;;/h3*1-5,7-9H;2*1-6,8-9H;3,6H,1-2H3;;/q5*-1;;;+3. The Morgan fingerprint density at radius 1 is 0.373 bits per heavy atom. The van der Waals surface area contributed by atoms with Crippen LogP contribution >= 0.6 is 0 Å². The molecule has 369 valence electrons. The van der Waals surface area contributed by atoms with Gasteiger partial charge in [0.05, 0.1) is 5.76 Å². The van der Waals surface area contributed by atoms with Gasteiger partial charge >= 0.3 is 20.1 Å². The van der Waals surface area contributed by atoms with E-state index in [4.69, 9.17) is 5.11 Å².